The molecule has 0 radical (unpaired) electrons. The van der Waals surface area contributed by atoms with Crippen molar-refractivity contribution in [3.63, 3.8) is 0 Å². The number of hydrogen-bond acceptors (Lipinski definition) is 4. The number of allylic oxidation sites excluding steroid dienone is 4. The maximum absolute atomic E-state index is 6.39. The Morgan fingerprint density at radius 1 is 0.724 bits per heavy atom. The molecule has 0 saturated carbocycles. The Morgan fingerprint density at radius 2 is 1.07 bits per heavy atom. The molecule has 0 N–H and O–H groups in total. The van der Waals surface area contributed by atoms with Gasteiger partial charge in [-0.25, -0.2) is 0 Å². The number of hydrogen-bond donors (Lipinski definition) is 0. The molecule has 2 atom stereocenters. The van der Waals surface area contributed by atoms with Gasteiger partial charge in [-0.1, -0.05) is 35.5 Å². The van der Waals surface area contributed by atoms with Crippen LogP contribution in [0.1, 0.15) is 81.1 Å². The Bertz CT molecular complexity index is 505. The summed E-state index contributed by atoms with van der Waals surface area (Å²) in [4.78, 5) is 0. The standard InChI is InChI=1S/C25H44O4/c1-11-23(9,19-15-17-21(5)6)28-25(26-13-3,27-14-4)29-24(10,12-2)20-16-18-22(7)8/h11-12,17-18H,1-2,13-16,19-20H2,3-10H3. The van der Waals surface area contributed by atoms with Gasteiger partial charge in [0.25, 0.3) is 0 Å². The van der Waals surface area contributed by atoms with Gasteiger partial charge in [0.15, 0.2) is 0 Å². The van der Waals surface area contributed by atoms with Gasteiger partial charge in [0.1, 0.15) is 0 Å². The second-order valence-corrected chi connectivity index (χ2v) is 8.24. The fraction of sp³-hybridized carbons (Fsp3) is 0.680. The van der Waals surface area contributed by atoms with Gasteiger partial charge in [0.05, 0.1) is 24.4 Å². The predicted octanol–water partition coefficient (Wildman–Crippen LogP) is 7.09. The summed E-state index contributed by atoms with van der Waals surface area (Å²) in [5.74, 6) is 0. The fourth-order valence-corrected chi connectivity index (χ4v) is 2.79. The average Bonchev–Trinajstić information content (AvgIpc) is 2.61. The summed E-state index contributed by atoms with van der Waals surface area (Å²) < 4.78 is 24.6. The molecule has 0 aromatic rings. The SMILES string of the molecule is C=CC(C)(CCC=C(C)C)OC(OCC)(OCC)OC(C)(C=C)CCC=C(C)C. The Hall–Kier alpha value is -1.20. The third kappa shape index (κ3) is 10.9. The molecular formula is C25H44O4. The first kappa shape index (κ1) is 27.8. The van der Waals surface area contributed by atoms with E-state index in [-0.39, 0.29) is 0 Å². The third-order valence-electron chi connectivity index (χ3n) is 4.61. The Labute approximate surface area is 179 Å². The summed E-state index contributed by atoms with van der Waals surface area (Å²) in [7, 11) is 0. The molecular weight excluding hydrogens is 364 g/mol. The summed E-state index contributed by atoms with van der Waals surface area (Å²) in [5, 5.41) is 0. The maximum Gasteiger partial charge on any atom is 0.414 e. The van der Waals surface area contributed by atoms with Crippen molar-refractivity contribution < 1.29 is 18.9 Å². The van der Waals surface area contributed by atoms with Crippen molar-refractivity contribution in [1.29, 1.82) is 0 Å². The molecule has 0 aromatic heterocycles. The van der Waals surface area contributed by atoms with Crippen LogP contribution in [0.5, 0.6) is 0 Å². The minimum Gasteiger partial charge on any atom is -0.304 e. The van der Waals surface area contributed by atoms with Crippen LogP contribution in [0.4, 0.5) is 0 Å². The second kappa shape index (κ2) is 13.2. The highest BCUT2D eigenvalue weighted by Crippen LogP contribution is 2.35. The van der Waals surface area contributed by atoms with E-state index in [0.717, 1.165) is 25.7 Å². The Kier molecular flexibility index (Phi) is 12.6. The molecule has 0 saturated heterocycles. The average molecular weight is 409 g/mol. The summed E-state index contributed by atoms with van der Waals surface area (Å²) in [6, 6.07) is 0. The molecule has 2 unspecified atom stereocenters. The molecule has 0 spiro atoms. The molecule has 0 aliphatic carbocycles. The van der Waals surface area contributed by atoms with Crippen molar-refractivity contribution in [2.75, 3.05) is 13.2 Å². The lowest BCUT2D eigenvalue weighted by Gasteiger charge is -2.43. The largest absolute Gasteiger partial charge is 0.414 e. The van der Waals surface area contributed by atoms with E-state index in [0.29, 0.717) is 13.2 Å². The van der Waals surface area contributed by atoms with Gasteiger partial charge in [-0.3, -0.25) is 9.47 Å². The van der Waals surface area contributed by atoms with Crippen LogP contribution in [-0.2, 0) is 18.9 Å². The Balaban J connectivity index is 5.72. The summed E-state index contributed by atoms with van der Waals surface area (Å²) >= 11 is 0. The van der Waals surface area contributed by atoms with Gasteiger partial charge >= 0.3 is 6.16 Å². The zero-order chi connectivity index (χ0) is 22.6. The minimum absolute atomic E-state index is 0.377. The maximum atomic E-state index is 6.39. The van der Waals surface area contributed by atoms with Crippen LogP contribution >= 0.6 is 0 Å². The van der Waals surface area contributed by atoms with Crippen LogP contribution < -0.4 is 0 Å². The summed E-state index contributed by atoms with van der Waals surface area (Å²) in [6.07, 6.45) is 9.49. The molecule has 4 heteroatoms. The highest BCUT2D eigenvalue weighted by atomic mass is 17.0. The minimum atomic E-state index is -1.63. The normalized spacial score (nSPS) is 15.7. The van der Waals surface area contributed by atoms with Crippen LogP contribution in [0.2, 0.25) is 0 Å². The van der Waals surface area contributed by atoms with Gasteiger partial charge < -0.3 is 9.47 Å². The molecule has 4 nitrogen and oxygen atoms in total. The third-order valence-corrected chi connectivity index (χ3v) is 4.61. The monoisotopic (exact) mass is 408 g/mol. The van der Waals surface area contributed by atoms with E-state index in [9.17, 15) is 0 Å². The molecule has 0 aliphatic heterocycles. The molecule has 0 bridgehead atoms. The Morgan fingerprint density at radius 3 is 1.31 bits per heavy atom. The zero-order valence-electron chi connectivity index (χ0n) is 20.1. The van der Waals surface area contributed by atoms with Crippen molar-refractivity contribution in [1.82, 2.24) is 0 Å². The number of rotatable bonds is 16. The first-order valence-corrected chi connectivity index (χ1v) is 10.7. The van der Waals surface area contributed by atoms with Crippen LogP contribution in [0, 0.1) is 0 Å². The van der Waals surface area contributed by atoms with Gasteiger partial charge in [-0.05, 0) is 81.1 Å². The van der Waals surface area contributed by atoms with Crippen molar-refractivity contribution >= 4 is 0 Å². The van der Waals surface area contributed by atoms with E-state index in [1.54, 1.807) is 12.2 Å². The van der Waals surface area contributed by atoms with Gasteiger partial charge in [-0.15, -0.1) is 13.2 Å². The van der Waals surface area contributed by atoms with E-state index >= 15 is 0 Å². The van der Waals surface area contributed by atoms with E-state index in [4.69, 9.17) is 18.9 Å². The van der Waals surface area contributed by atoms with Gasteiger partial charge in [0, 0.05) is 0 Å². The smallest absolute Gasteiger partial charge is 0.304 e. The van der Waals surface area contributed by atoms with Crippen molar-refractivity contribution in [3.8, 4) is 0 Å². The molecule has 0 aliphatic rings. The van der Waals surface area contributed by atoms with E-state index in [1.807, 2.05) is 27.7 Å². The second-order valence-electron chi connectivity index (χ2n) is 8.24. The molecule has 168 valence electrons. The lowest BCUT2D eigenvalue weighted by atomic mass is 9.98. The first-order valence-electron chi connectivity index (χ1n) is 10.7. The van der Waals surface area contributed by atoms with Gasteiger partial charge in [-0.2, -0.15) is 0 Å². The highest BCUT2D eigenvalue weighted by molar-refractivity contribution is 5.01. The lowest BCUT2D eigenvalue weighted by Crippen LogP contribution is -2.52. The van der Waals surface area contributed by atoms with Crippen LogP contribution in [0.25, 0.3) is 0 Å². The zero-order valence-corrected chi connectivity index (χ0v) is 20.1. The van der Waals surface area contributed by atoms with E-state index in [1.165, 1.54) is 11.1 Å². The molecule has 0 aromatic carbocycles. The molecule has 0 heterocycles. The summed E-state index contributed by atoms with van der Waals surface area (Å²) in [5.41, 5.74) is 1.18. The topological polar surface area (TPSA) is 36.9 Å². The fourth-order valence-electron chi connectivity index (χ4n) is 2.79. The van der Waals surface area contributed by atoms with Crippen LogP contribution in [-0.4, -0.2) is 30.6 Å². The first-order chi connectivity index (χ1) is 13.5. The van der Waals surface area contributed by atoms with Crippen molar-refractivity contribution in [3.05, 3.63) is 48.6 Å². The van der Waals surface area contributed by atoms with Crippen LogP contribution in [0.3, 0.4) is 0 Å². The van der Waals surface area contributed by atoms with Gasteiger partial charge in [0.2, 0.25) is 0 Å². The summed E-state index contributed by atoms with van der Waals surface area (Å²) in [6.45, 7) is 24.8. The van der Waals surface area contributed by atoms with E-state index in [2.05, 4.69) is 53.0 Å². The molecule has 0 rings (SSSR count). The van der Waals surface area contributed by atoms with Crippen LogP contribution in [0.15, 0.2) is 48.6 Å². The molecule has 29 heavy (non-hydrogen) atoms. The van der Waals surface area contributed by atoms with Crippen molar-refractivity contribution in [2.24, 2.45) is 0 Å². The molecule has 0 amide bonds. The van der Waals surface area contributed by atoms with E-state index < -0.39 is 17.4 Å². The van der Waals surface area contributed by atoms with Crippen molar-refractivity contribution in [2.45, 2.75) is 98.4 Å². The predicted molar refractivity (Wildman–Crippen MR) is 123 cm³/mol. The highest BCUT2D eigenvalue weighted by Gasteiger charge is 2.46. The lowest BCUT2D eigenvalue weighted by molar-refractivity contribution is -0.528. The molecule has 0 fully saturated rings. The number of ether oxygens (including phenoxy) is 4. The quantitative estimate of drug-likeness (QED) is 0.202.